The molecule has 0 fully saturated rings. The Morgan fingerprint density at radius 3 is 2.88 bits per heavy atom. The molecule has 0 saturated carbocycles. The molecule has 1 N–H and O–H groups in total. The quantitative estimate of drug-likeness (QED) is 0.829. The van der Waals surface area contributed by atoms with Gasteiger partial charge >= 0.3 is 0 Å². The van der Waals surface area contributed by atoms with E-state index in [1.807, 2.05) is 6.92 Å². The van der Waals surface area contributed by atoms with Gasteiger partial charge < -0.3 is 10.1 Å². The third kappa shape index (κ3) is 3.52. The number of nitriles is 1. The van der Waals surface area contributed by atoms with Gasteiger partial charge in [0.2, 0.25) is 0 Å². The normalized spacial score (nSPS) is 11.9. The predicted molar refractivity (Wildman–Crippen MR) is 59.4 cm³/mol. The van der Waals surface area contributed by atoms with Gasteiger partial charge in [0.15, 0.2) is 11.6 Å². The molecule has 0 spiro atoms. The van der Waals surface area contributed by atoms with Crippen LogP contribution >= 0.6 is 0 Å². The Hall–Kier alpha value is -1.60. The average Bonchev–Trinajstić information content (AvgIpc) is 2.29. The van der Waals surface area contributed by atoms with Crippen LogP contribution in [0.5, 0.6) is 5.75 Å². The van der Waals surface area contributed by atoms with Gasteiger partial charge in [-0.3, -0.25) is 0 Å². The highest BCUT2D eigenvalue weighted by Gasteiger charge is 2.03. The summed E-state index contributed by atoms with van der Waals surface area (Å²) in [6.07, 6.45) is 0. The van der Waals surface area contributed by atoms with Crippen LogP contribution in [-0.4, -0.2) is 13.7 Å². The molecule has 1 aromatic rings. The van der Waals surface area contributed by atoms with Crippen molar-refractivity contribution in [3.8, 4) is 11.8 Å². The molecule has 0 aromatic heterocycles. The monoisotopic (exact) mass is 222 g/mol. The average molecular weight is 222 g/mol. The van der Waals surface area contributed by atoms with E-state index in [1.54, 1.807) is 12.1 Å². The standard InChI is InChI=1S/C12H15FN2O/c1-9(6-14)7-15-8-10-3-4-12(16-2)11(13)5-10/h3-5,9,15H,7-8H2,1-2H3. The molecular weight excluding hydrogens is 207 g/mol. The summed E-state index contributed by atoms with van der Waals surface area (Å²) in [6.45, 7) is 2.98. The summed E-state index contributed by atoms with van der Waals surface area (Å²) in [4.78, 5) is 0. The summed E-state index contributed by atoms with van der Waals surface area (Å²) in [5, 5.41) is 11.7. The number of benzene rings is 1. The van der Waals surface area contributed by atoms with E-state index in [0.717, 1.165) is 5.56 Å². The SMILES string of the molecule is COc1ccc(CNCC(C)C#N)cc1F. The number of nitrogens with zero attached hydrogens (tertiary/aromatic N) is 1. The molecule has 1 atom stereocenters. The minimum atomic E-state index is -0.366. The van der Waals surface area contributed by atoms with Gasteiger partial charge in [0.1, 0.15) is 0 Å². The first-order chi connectivity index (χ1) is 7.67. The summed E-state index contributed by atoms with van der Waals surface area (Å²) >= 11 is 0. The molecule has 1 rings (SSSR count). The zero-order valence-corrected chi connectivity index (χ0v) is 9.46. The van der Waals surface area contributed by atoms with Gasteiger partial charge in [0.25, 0.3) is 0 Å². The molecule has 1 unspecified atom stereocenters. The maximum absolute atomic E-state index is 13.3. The summed E-state index contributed by atoms with van der Waals surface area (Å²) in [5.74, 6) is -0.160. The van der Waals surface area contributed by atoms with Crippen molar-refractivity contribution in [2.24, 2.45) is 5.92 Å². The summed E-state index contributed by atoms with van der Waals surface area (Å²) < 4.78 is 18.1. The fourth-order valence-electron chi connectivity index (χ4n) is 1.30. The second kappa shape index (κ2) is 6.09. The molecule has 0 aliphatic heterocycles. The number of halogens is 1. The third-order valence-electron chi connectivity index (χ3n) is 2.22. The molecule has 3 nitrogen and oxygen atoms in total. The summed E-state index contributed by atoms with van der Waals surface area (Å²) in [6, 6.07) is 6.95. The Morgan fingerprint density at radius 2 is 2.31 bits per heavy atom. The molecule has 0 radical (unpaired) electrons. The largest absolute Gasteiger partial charge is 0.494 e. The number of hydrogen-bond acceptors (Lipinski definition) is 3. The summed E-state index contributed by atoms with van der Waals surface area (Å²) in [7, 11) is 1.44. The lowest BCUT2D eigenvalue weighted by atomic mass is 10.2. The van der Waals surface area contributed by atoms with Crippen molar-refractivity contribution in [2.45, 2.75) is 13.5 Å². The van der Waals surface area contributed by atoms with Crippen molar-refractivity contribution >= 4 is 0 Å². The Balaban J connectivity index is 2.50. The number of methoxy groups -OCH3 is 1. The van der Waals surface area contributed by atoms with Crippen LogP contribution in [0.1, 0.15) is 12.5 Å². The van der Waals surface area contributed by atoms with E-state index in [1.165, 1.54) is 13.2 Å². The molecular formula is C12H15FN2O. The Morgan fingerprint density at radius 1 is 1.56 bits per heavy atom. The molecule has 0 amide bonds. The van der Waals surface area contributed by atoms with E-state index >= 15 is 0 Å². The number of hydrogen-bond donors (Lipinski definition) is 1. The molecule has 0 aliphatic rings. The highest BCUT2D eigenvalue weighted by molar-refractivity contribution is 5.29. The minimum absolute atomic E-state index is 0.0388. The summed E-state index contributed by atoms with van der Waals surface area (Å²) in [5.41, 5.74) is 0.837. The van der Waals surface area contributed by atoms with Crippen LogP contribution in [0.25, 0.3) is 0 Å². The fraction of sp³-hybridized carbons (Fsp3) is 0.417. The predicted octanol–water partition coefficient (Wildman–Crippen LogP) is 2.08. The topological polar surface area (TPSA) is 45.0 Å². The highest BCUT2D eigenvalue weighted by Crippen LogP contribution is 2.17. The van der Waals surface area contributed by atoms with Gasteiger partial charge in [-0.1, -0.05) is 6.07 Å². The third-order valence-corrected chi connectivity index (χ3v) is 2.22. The highest BCUT2D eigenvalue weighted by atomic mass is 19.1. The number of nitrogens with one attached hydrogen (secondary N) is 1. The van der Waals surface area contributed by atoms with Gasteiger partial charge in [-0.2, -0.15) is 5.26 Å². The fourth-order valence-corrected chi connectivity index (χ4v) is 1.30. The lowest BCUT2D eigenvalue weighted by Crippen LogP contribution is -2.19. The van der Waals surface area contributed by atoms with Crippen molar-refractivity contribution in [3.05, 3.63) is 29.6 Å². The first kappa shape index (κ1) is 12.5. The molecule has 0 heterocycles. The second-order valence-electron chi connectivity index (χ2n) is 3.63. The molecule has 4 heteroatoms. The van der Waals surface area contributed by atoms with Crippen LogP contribution < -0.4 is 10.1 Å². The van der Waals surface area contributed by atoms with Crippen molar-refractivity contribution in [1.82, 2.24) is 5.32 Å². The lowest BCUT2D eigenvalue weighted by molar-refractivity contribution is 0.386. The van der Waals surface area contributed by atoms with E-state index in [4.69, 9.17) is 10.00 Å². The van der Waals surface area contributed by atoms with E-state index in [9.17, 15) is 4.39 Å². The van der Waals surface area contributed by atoms with Gasteiger partial charge in [0.05, 0.1) is 19.1 Å². The molecule has 0 bridgehead atoms. The first-order valence-corrected chi connectivity index (χ1v) is 5.10. The van der Waals surface area contributed by atoms with Gasteiger partial charge in [-0.05, 0) is 24.6 Å². The van der Waals surface area contributed by atoms with E-state index in [0.29, 0.717) is 13.1 Å². The molecule has 1 aromatic carbocycles. The Bertz CT molecular complexity index is 387. The van der Waals surface area contributed by atoms with Gasteiger partial charge in [0, 0.05) is 13.1 Å². The van der Waals surface area contributed by atoms with E-state index < -0.39 is 0 Å². The molecule has 0 saturated heterocycles. The van der Waals surface area contributed by atoms with Crippen molar-refractivity contribution < 1.29 is 9.13 Å². The Labute approximate surface area is 94.8 Å². The smallest absolute Gasteiger partial charge is 0.165 e. The van der Waals surface area contributed by atoms with Crippen LogP contribution in [0.2, 0.25) is 0 Å². The Kier molecular flexibility index (Phi) is 4.74. The van der Waals surface area contributed by atoms with Crippen molar-refractivity contribution in [1.29, 1.82) is 5.26 Å². The van der Waals surface area contributed by atoms with E-state index in [2.05, 4.69) is 11.4 Å². The van der Waals surface area contributed by atoms with Gasteiger partial charge in [-0.25, -0.2) is 4.39 Å². The maximum Gasteiger partial charge on any atom is 0.165 e. The van der Waals surface area contributed by atoms with Crippen molar-refractivity contribution in [3.63, 3.8) is 0 Å². The first-order valence-electron chi connectivity index (χ1n) is 5.10. The molecule has 86 valence electrons. The second-order valence-corrected chi connectivity index (χ2v) is 3.63. The van der Waals surface area contributed by atoms with Crippen LogP contribution in [0.4, 0.5) is 4.39 Å². The molecule has 0 aliphatic carbocycles. The maximum atomic E-state index is 13.3. The van der Waals surface area contributed by atoms with Crippen LogP contribution in [0, 0.1) is 23.1 Å². The zero-order valence-electron chi connectivity index (χ0n) is 9.46. The van der Waals surface area contributed by atoms with Gasteiger partial charge in [-0.15, -0.1) is 0 Å². The molecule has 16 heavy (non-hydrogen) atoms. The van der Waals surface area contributed by atoms with Crippen molar-refractivity contribution in [2.75, 3.05) is 13.7 Å². The minimum Gasteiger partial charge on any atom is -0.494 e. The zero-order chi connectivity index (χ0) is 12.0. The lowest BCUT2D eigenvalue weighted by Gasteiger charge is -2.07. The van der Waals surface area contributed by atoms with Crippen LogP contribution in [-0.2, 0) is 6.54 Å². The number of rotatable bonds is 5. The van der Waals surface area contributed by atoms with Crippen LogP contribution in [0.15, 0.2) is 18.2 Å². The van der Waals surface area contributed by atoms with Crippen LogP contribution in [0.3, 0.4) is 0 Å². The number of ether oxygens (including phenoxy) is 1. The van der Waals surface area contributed by atoms with E-state index in [-0.39, 0.29) is 17.5 Å².